The van der Waals surface area contributed by atoms with Crippen molar-refractivity contribution in [3.05, 3.63) is 34.2 Å². The molecule has 0 aromatic heterocycles. The smallest absolute Gasteiger partial charge is 0.407 e. The van der Waals surface area contributed by atoms with Crippen LogP contribution in [0.25, 0.3) is 6.08 Å². The SMILES string of the molecule is Cc1cccc(C=C2SC(=O)NC2=O)c1N1CCC(NC(=O)OC(C)(C)C)C1. The van der Waals surface area contributed by atoms with E-state index in [1.165, 1.54) is 0 Å². The largest absolute Gasteiger partial charge is 0.444 e. The number of aryl methyl sites for hydroxylation is 1. The minimum absolute atomic E-state index is 0.0132. The molecule has 7 nitrogen and oxygen atoms in total. The van der Waals surface area contributed by atoms with Crippen molar-refractivity contribution in [3.8, 4) is 0 Å². The molecule has 28 heavy (non-hydrogen) atoms. The summed E-state index contributed by atoms with van der Waals surface area (Å²) in [5.41, 5.74) is 2.43. The number of rotatable bonds is 3. The summed E-state index contributed by atoms with van der Waals surface area (Å²) in [7, 11) is 0. The molecule has 2 aliphatic heterocycles. The van der Waals surface area contributed by atoms with Gasteiger partial charge in [-0.2, -0.15) is 0 Å². The van der Waals surface area contributed by atoms with Crippen molar-refractivity contribution in [1.82, 2.24) is 10.6 Å². The van der Waals surface area contributed by atoms with Crippen LogP contribution in [0.3, 0.4) is 0 Å². The molecule has 8 heteroatoms. The monoisotopic (exact) mass is 403 g/mol. The Kier molecular flexibility index (Phi) is 5.69. The first-order chi connectivity index (χ1) is 13.1. The van der Waals surface area contributed by atoms with Gasteiger partial charge in [-0.25, -0.2) is 4.79 Å². The van der Waals surface area contributed by atoms with Crippen LogP contribution in [0.2, 0.25) is 0 Å². The molecule has 0 bridgehead atoms. The summed E-state index contributed by atoms with van der Waals surface area (Å²) < 4.78 is 5.34. The third-order valence-electron chi connectivity index (χ3n) is 4.42. The number of benzene rings is 1. The van der Waals surface area contributed by atoms with Gasteiger partial charge in [-0.15, -0.1) is 0 Å². The number of imide groups is 1. The highest BCUT2D eigenvalue weighted by Crippen LogP contribution is 2.33. The van der Waals surface area contributed by atoms with Crippen molar-refractivity contribution < 1.29 is 19.1 Å². The predicted molar refractivity (Wildman–Crippen MR) is 110 cm³/mol. The molecule has 3 rings (SSSR count). The first kappa shape index (κ1) is 20.3. The summed E-state index contributed by atoms with van der Waals surface area (Å²) >= 11 is 0.909. The average molecular weight is 404 g/mol. The number of amides is 3. The molecule has 2 saturated heterocycles. The second-order valence-electron chi connectivity index (χ2n) is 7.94. The van der Waals surface area contributed by atoms with E-state index in [-0.39, 0.29) is 17.2 Å². The fraction of sp³-hybridized carbons (Fsp3) is 0.450. The Balaban J connectivity index is 1.76. The summed E-state index contributed by atoms with van der Waals surface area (Å²) in [4.78, 5) is 38.0. The van der Waals surface area contributed by atoms with Crippen molar-refractivity contribution in [2.75, 3.05) is 18.0 Å². The number of hydrogen-bond acceptors (Lipinski definition) is 6. The van der Waals surface area contributed by atoms with E-state index < -0.39 is 11.7 Å². The van der Waals surface area contributed by atoms with Gasteiger partial charge in [0.2, 0.25) is 0 Å². The van der Waals surface area contributed by atoms with Crippen LogP contribution in [0.5, 0.6) is 0 Å². The summed E-state index contributed by atoms with van der Waals surface area (Å²) in [5, 5.41) is 4.86. The van der Waals surface area contributed by atoms with Crippen molar-refractivity contribution in [2.24, 2.45) is 0 Å². The van der Waals surface area contributed by atoms with E-state index in [0.29, 0.717) is 11.4 Å². The van der Waals surface area contributed by atoms with Crippen LogP contribution in [0, 0.1) is 6.92 Å². The van der Waals surface area contributed by atoms with E-state index in [9.17, 15) is 14.4 Å². The predicted octanol–water partition coefficient (Wildman–Crippen LogP) is 3.42. The zero-order chi connectivity index (χ0) is 20.5. The Labute approximate surface area is 168 Å². The van der Waals surface area contributed by atoms with Gasteiger partial charge in [-0.3, -0.25) is 14.9 Å². The Morgan fingerprint density at radius 1 is 1.36 bits per heavy atom. The van der Waals surface area contributed by atoms with Gasteiger partial charge in [0.05, 0.1) is 10.9 Å². The van der Waals surface area contributed by atoms with Gasteiger partial charge >= 0.3 is 6.09 Å². The maximum atomic E-state index is 12.0. The molecule has 1 aromatic carbocycles. The number of hydrogen-bond donors (Lipinski definition) is 2. The molecule has 0 saturated carbocycles. The van der Waals surface area contributed by atoms with Crippen LogP contribution in [-0.2, 0) is 9.53 Å². The lowest BCUT2D eigenvalue weighted by Gasteiger charge is -2.24. The molecule has 3 amide bonds. The Morgan fingerprint density at radius 2 is 2.11 bits per heavy atom. The van der Waals surface area contributed by atoms with E-state index in [1.807, 2.05) is 45.9 Å². The molecule has 1 atom stereocenters. The number of nitrogens with one attached hydrogen (secondary N) is 2. The topological polar surface area (TPSA) is 87.7 Å². The maximum Gasteiger partial charge on any atom is 0.407 e. The standard InChI is InChI=1S/C20H25N3O4S/c1-12-6-5-7-13(10-15-17(24)22-19(26)28-15)16(12)23-9-8-14(11-23)21-18(25)27-20(2,3)4/h5-7,10,14H,8-9,11H2,1-4H3,(H,21,25)(H,22,24,26). The highest BCUT2D eigenvalue weighted by molar-refractivity contribution is 8.18. The molecule has 2 aliphatic rings. The van der Waals surface area contributed by atoms with Crippen molar-refractivity contribution in [2.45, 2.75) is 45.8 Å². The highest BCUT2D eigenvalue weighted by atomic mass is 32.2. The molecule has 2 N–H and O–H groups in total. The Bertz CT molecular complexity index is 844. The molecule has 150 valence electrons. The molecule has 0 aliphatic carbocycles. The van der Waals surface area contributed by atoms with Gasteiger partial charge in [0.15, 0.2) is 0 Å². The van der Waals surface area contributed by atoms with Gasteiger partial charge < -0.3 is 15.0 Å². The summed E-state index contributed by atoms with van der Waals surface area (Å²) in [6, 6.07) is 5.86. The number of alkyl carbamates (subject to hydrolysis) is 1. The third kappa shape index (κ3) is 4.86. The normalized spacial score (nSPS) is 21.2. The third-order valence-corrected chi connectivity index (χ3v) is 5.23. The fourth-order valence-electron chi connectivity index (χ4n) is 3.35. The van der Waals surface area contributed by atoms with Gasteiger partial charge in [0.1, 0.15) is 5.60 Å². The minimum Gasteiger partial charge on any atom is -0.444 e. The summed E-state index contributed by atoms with van der Waals surface area (Å²) in [6.45, 7) is 8.95. The number of ether oxygens (including phenoxy) is 1. The molecule has 1 unspecified atom stereocenters. The number of carbonyl (C=O) groups is 3. The van der Waals surface area contributed by atoms with Crippen molar-refractivity contribution >= 4 is 40.8 Å². The van der Waals surface area contributed by atoms with Crippen LogP contribution in [0.4, 0.5) is 15.3 Å². The van der Waals surface area contributed by atoms with E-state index in [1.54, 1.807) is 6.08 Å². The highest BCUT2D eigenvalue weighted by Gasteiger charge is 2.29. The van der Waals surface area contributed by atoms with Gasteiger partial charge in [0.25, 0.3) is 11.1 Å². The summed E-state index contributed by atoms with van der Waals surface area (Å²) in [5.74, 6) is -0.367. The maximum absolute atomic E-state index is 12.0. The number of nitrogens with zero attached hydrogens (tertiary/aromatic N) is 1. The van der Waals surface area contributed by atoms with E-state index in [4.69, 9.17) is 4.74 Å². The lowest BCUT2D eigenvalue weighted by molar-refractivity contribution is -0.115. The second-order valence-corrected chi connectivity index (χ2v) is 8.96. The van der Waals surface area contributed by atoms with Crippen LogP contribution >= 0.6 is 11.8 Å². The first-order valence-electron chi connectivity index (χ1n) is 9.21. The zero-order valence-corrected chi connectivity index (χ0v) is 17.3. The van der Waals surface area contributed by atoms with Gasteiger partial charge in [0, 0.05) is 18.8 Å². The quantitative estimate of drug-likeness (QED) is 0.752. The molecular weight excluding hydrogens is 378 g/mol. The molecular formula is C20H25N3O4S. The second kappa shape index (κ2) is 7.87. The number of para-hydroxylation sites is 1. The van der Waals surface area contributed by atoms with E-state index in [0.717, 1.165) is 41.5 Å². The molecule has 0 radical (unpaired) electrons. The zero-order valence-electron chi connectivity index (χ0n) is 16.5. The first-order valence-corrected chi connectivity index (χ1v) is 10.0. The van der Waals surface area contributed by atoms with Crippen LogP contribution in [-0.4, -0.2) is 42.0 Å². The Morgan fingerprint density at radius 3 is 2.75 bits per heavy atom. The summed E-state index contributed by atoms with van der Waals surface area (Å²) in [6.07, 6.45) is 2.14. The van der Waals surface area contributed by atoms with Gasteiger partial charge in [-0.05, 0) is 63.1 Å². The Hall–Kier alpha value is -2.48. The number of carbonyl (C=O) groups excluding carboxylic acids is 3. The fourth-order valence-corrected chi connectivity index (χ4v) is 4.02. The molecule has 1 aromatic rings. The van der Waals surface area contributed by atoms with Crippen molar-refractivity contribution in [1.29, 1.82) is 0 Å². The van der Waals surface area contributed by atoms with E-state index >= 15 is 0 Å². The minimum atomic E-state index is -0.533. The molecule has 2 fully saturated rings. The van der Waals surface area contributed by atoms with Crippen LogP contribution < -0.4 is 15.5 Å². The molecule has 2 heterocycles. The number of anilines is 1. The van der Waals surface area contributed by atoms with Crippen LogP contribution in [0.1, 0.15) is 38.3 Å². The van der Waals surface area contributed by atoms with Crippen molar-refractivity contribution in [3.63, 3.8) is 0 Å². The number of thioether (sulfide) groups is 1. The van der Waals surface area contributed by atoms with E-state index in [2.05, 4.69) is 15.5 Å². The molecule has 0 spiro atoms. The average Bonchev–Trinajstić information content (AvgIpc) is 3.12. The van der Waals surface area contributed by atoms with Gasteiger partial charge in [-0.1, -0.05) is 18.2 Å². The lowest BCUT2D eigenvalue weighted by Crippen LogP contribution is -2.40. The van der Waals surface area contributed by atoms with Crippen LogP contribution in [0.15, 0.2) is 23.1 Å². The lowest BCUT2D eigenvalue weighted by atomic mass is 10.1.